The number of carbonyl (C=O) groups excluding carboxylic acids is 2. The zero-order valence-corrected chi connectivity index (χ0v) is 34.8. The molecule has 1 heterocycles. The Morgan fingerprint density at radius 1 is 0.607 bits per heavy atom. The van der Waals surface area contributed by atoms with Gasteiger partial charge in [-0.15, -0.1) is 0 Å². The summed E-state index contributed by atoms with van der Waals surface area (Å²) in [5.41, 5.74) is 0. The molecule has 0 saturated carbocycles. The lowest BCUT2D eigenvalue weighted by Crippen LogP contribution is -2.60. The van der Waals surface area contributed by atoms with Gasteiger partial charge in [0, 0.05) is 12.8 Å². The Hall–Kier alpha value is -2.65. The molecule has 1 rings (SSSR count). The minimum Gasteiger partial charge on any atom is -0.462 e. The van der Waals surface area contributed by atoms with E-state index in [2.05, 4.69) is 74.6 Å². The van der Waals surface area contributed by atoms with Crippen LogP contribution in [0.3, 0.4) is 0 Å². The first kappa shape index (κ1) is 51.4. The number of aliphatic hydroxyl groups excluding tert-OH is 3. The number of hydrogen-bond donors (Lipinski definition) is 4. The molecule has 0 aromatic carbocycles. The smallest absolute Gasteiger partial charge is 0.306 e. The Morgan fingerprint density at radius 3 is 1.70 bits per heavy atom. The molecular weight excluding hydrogens is 741 g/mol. The van der Waals surface area contributed by atoms with Gasteiger partial charge in [0.15, 0.2) is 12.4 Å². The maximum atomic E-state index is 12.7. The molecule has 0 aromatic heterocycles. The summed E-state index contributed by atoms with van der Waals surface area (Å²) in [6, 6.07) is 0. The molecule has 0 aliphatic carbocycles. The third-order valence-corrected chi connectivity index (χ3v) is 9.80. The topological polar surface area (TPSA) is 186 Å². The molecule has 0 radical (unpaired) electrons. The first-order valence-electron chi connectivity index (χ1n) is 20.8. The van der Waals surface area contributed by atoms with Crippen LogP contribution in [-0.4, -0.2) is 96.0 Å². The predicted octanol–water partition coefficient (Wildman–Crippen LogP) is 7.78. The first-order chi connectivity index (χ1) is 27.0. The summed E-state index contributed by atoms with van der Waals surface area (Å²) in [5, 5.41) is 30.8. The van der Waals surface area contributed by atoms with E-state index in [-0.39, 0.29) is 19.4 Å². The summed E-state index contributed by atoms with van der Waals surface area (Å²) in [4.78, 5) is 25.3. The first-order valence-corrected chi connectivity index (χ1v) is 22.5. The van der Waals surface area contributed by atoms with Gasteiger partial charge in [-0.25, -0.2) is 0 Å². The molecule has 0 bridgehead atoms. The fraction of sp³-hybridized carbons (Fsp3) is 0.721. The average molecular weight is 813 g/mol. The predicted molar refractivity (Wildman–Crippen MR) is 219 cm³/mol. The van der Waals surface area contributed by atoms with Crippen LogP contribution in [-0.2, 0) is 38.7 Å². The van der Waals surface area contributed by atoms with Crippen molar-refractivity contribution in [2.45, 2.75) is 179 Å². The second-order valence-corrected chi connectivity index (χ2v) is 15.8. The SMILES string of the molecule is CCC/C=C/C/C=C/C/C=C/C/C=C/CCCCCC(=O)OC[C@H](CO[C@H]1O[C@H](CS(=O)(=O)O)[C@@H](O)C(O)C1O)OC(=O)CCCCCCC/C=C/CCCC. The number of ether oxygens (including phenoxy) is 4. The highest BCUT2D eigenvalue weighted by Crippen LogP contribution is 2.24. The lowest BCUT2D eigenvalue weighted by atomic mass is 10.00. The summed E-state index contributed by atoms with van der Waals surface area (Å²) >= 11 is 0. The number of carbonyl (C=O) groups is 2. The molecule has 13 heteroatoms. The van der Waals surface area contributed by atoms with E-state index < -0.39 is 71.2 Å². The van der Waals surface area contributed by atoms with Gasteiger partial charge >= 0.3 is 11.9 Å². The van der Waals surface area contributed by atoms with Crippen LogP contribution in [0.5, 0.6) is 0 Å². The van der Waals surface area contributed by atoms with E-state index in [4.69, 9.17) is 18.9 Å². The molecule has 2 unspecified atom stereocenters. The van der Waals surface area contributed by atoms with Crippen molar-refractivity contribution in [1.29, 1.82) is 0 Å². The molecule has 322 valence electrons. The molecule has 0 spiro atoms. The molecule has 1 aliphatic rings. The molecule has 1 aliphatic heterocycles. The average Bonchev–Trinajstić information content (AvgIpc) is 3.16. The van der Waals surface area contributed by atoms with Crippen LogP contribution in [0.4, 0.5) is 0 Å². The van der Waals surface area contributed by atoms with Gasteiger partial charge < -0.3 is 34.3 Å². The fourth-order valence-electron chi connectivity index (χ4n) is 5.76. The van der Waals surface area contributed by atoms with Crippen molar-refractivity contribution in [2.24, 2.45) is 0 Å². The number of unbranched alkanes of at least 4 members (excludes halogenated alkanes) is 11. The molecule has 0 amide bonds. The molecule has 1 saturated heterocycles. The quantitative estimate of drug-likeness (QED) is 0.0219. The van der Waals surface area contributed by atoms with E-state index in [9.17, 15) is 37.9 Å². The summed E-state index contributed by atoms with van der Waals surface area (Å²) in [5.74, 6) is -2.05. The van der Waals surface area contributed by atoms with Gasteiger partial charge in [0.1, 0.15) is 36.8 Å². The summed E-state index contributed by atoms with van der Waals surface area (Å²) in [6.45, 7) is 3.59. The third kappa shape index (κ3) is 27.9. The van der Waals surface area contributed by atoms with Gasteiger partial charge in [0.05, 0.1) is 6.61 Å². The summed E-state index contributed by atoms with van der Waals surface area (Å²) < 4.78 is 53.9. The highest BCUT2D eigenvalue weighted by Gasteiger charge is 2.46. The number of allylic oxidation sites excluding steroid dienone is 10. The maximum Gasteiger partial charge on any atom is 0.306 e. The Balaban J connectivity index is 2.51. The molecule has 0 aromatic rings. The van der Waals surface area contributed by atoms with Crippen LogP contribution in [0.15, 0.2) is 60.8 Å². The van der Waals surface area contributed by atoms with E-state index in [1.165, 1.54) is 19.3 Å². The lowest BCUT2D eigenvalue weighted by Gasteiger charge is -2.40. The highest BCUT2D eigenvalue weighted by molar-refractivity contribution is 7.85. The van der Waals surface area contributed by atoms with Crippen molar-refractivity contribution in [3.05, 3.63) is 60.8 Å². The van der Waals surface area contributed by atoms with Gasteiger partial charge in [-0.05, 0) is 70.6 Å². The van der Waals surface area contributed by atoms with Crippen LogP contribution in [0.25, 0.3) is 0 Å². The van der Waals surface area contributed by atoms with E-state index in [1.54, 1.807) is 0 Å². The van der Waals surface area contributed by atoms with Crippen molar-refractivity contribution >= 4 is 22.1 Å². The highest BCUT2D eigenvalue weighted by atomic mass is 32.2. The van der Waals surface area contributed by atoms with Crippen molar-refractivity contribution in [3.8, 4) is 0 Å². The second-order valence-electron chi connectivity index (χ2n) is 14.3. The Bertz CT molecular complexity index is 1280. The zero-order chi connectivity index (χ0) is 41.3. The number of esters is 2. The summed E-state index contributed by atoms with van der Waals surface area (Å²) in [7, 11) is -4.61. The van der Waals surface area contributed by atoms with Crippen molar-refractivity contribution in [1.82, 2.24) is 0 Å². The number of hydrogen-bond acceptors (Lipinski definition) is 11. The van der Waals surface area contributed by atoms with E-state index in [0.29, 0.717) is 12.8 Å². The van der Waals surface area contributed by atoms with Gasteiger partial charge in [-0.2, -0.15) is 8.42 Å². The van der Waals surface area contributed by atoms with Gasteiger partial charge in [0.2, 0.25) is 0 Å². The lowest BCUT2D eigenvalue weighted by molar-refractivity contribution is -0.297. The Labute approximate surface area is 336 Å². The number of rotatable bonds is 33. The Kier molecular flexibility index (Phi) is 30.6. The van der Waals surface area contributed by atoms with E-state index in [0.717, 1.165) is 83.5 Å². The molecule has 1 fully saturated rings. The number of aliphatic hydroxyl groups is 3. The van der Waals surface area contributed by atoms with Gasteiger partial charge in [0.25, 0.3) is 10.1 Å². The normalized spacial score (nSPS) is 21.3. The second kappa shape index (κ2) is 33.3. The molecular formula is C43H72O12S. The van der Waals surface area contributed by atoms with E-state index >= 15 is 0 Å². The molecule has 4 N–H and O–H groups in total. The van der Waals surface area contributed by atoms with Crippen molar-refractivity contribution < 1.29 is 56.8 Å². The molecule has 6 atom stereocenters. The standard InChI is InChI=1S/C43H72O12S/c1-3-5-7-9-11-13-15-16-17-18-19-20-22-23-25-27-29-31-38(44)52-33-36(54-39(45)32-30-28-26-24-21-14-12-10-8-6-4-2)34-53-43-42(48)41(47)40(46)37(55-43)35-56(49,50)51/h7,9-10,12-13,15,17-18,20,22,36-37,40-43,46-48H,3-6,8,11,14,16,19,21,23-35H2,1-2H3,(H,49,50,51)/b9-7+,12-10+,15-13+,18-17+,22-20+/t36-,37-,40-,41?,42?,43+/m1/s1. The van der Waals surface area contributed by atoms with E-state index in [1.807, 2.05) is 0 Å². The minimum atomic E-state index is -4.61. The molecule has 12 nitrogen and oxygen atoms in total. The zero-order valence-electron chi connectivity index (χ0n) is 34.0. The van der Waals surface area contributed by atoms with Crippen LogP contribution in [0.1, 0.15) is 142 Å². The minimum absolute atomic E-state index is 0.143. The van der Waals surface area contributed by atoms with Crippen LogP contribution >= 0.6 is 0 Å². The van der Waals surface area contributed by atoms with Crippen LogP contribution < -0.4 is 0 Å². The largest absolute Gasteiger partial charge is 0.462 e. The molecule has 56 heavy (non-hydrogen) atoms. The van der Waals surface area contributed by atoms with Crippen LogP contribution in [0.2, 0.25) is 0 Å². The Morgan fingerprint density at radius 2 is 1.11 bits per heavy atom. The summed E-state index contributed by atoms with van der Waals surface area (Å²) in [6.07, 6.45) is 29.9. The third-order valence-electron chi connectivity index (χ3n) is 9.05. The van der Waals surface area contributed by atoms with Crippen LogP contribution in [0, 0.1) is 0 Å². The fourth-order valence-corrected chi connectivity index (χ4v) is 6.45. The van der Waals surface area contributed by atoms with Crippen molar-refractivity contribution in [2.75, 3.05) is 19.0 Å². The van der Waals surface area contributed by atoms with Gasteiger partial charge in [-0.3, -0.25) is 14.1 Å². The maximum absolute atomic E-state index is 12.7. The van der Waals surface area contributed by atoms with Gasteiger partial charge in [-0.1, -0.05) is 120 Å². The van der Waals surface area contributed by atoms with Crippen molar-refractivity contribution in [3.63, 3.8) is 0 Å². The monoisotopic (exact) mass is 812 g/mol.